The van der Waals surface area contributed by atoms with Crippen molar-refractivity contribution in [2.45, 2.75) is 26.7 Å². The van der Waals surface area contributed by atoms with Gasteiger partial charge in [-0.25, -0.2) is 9.78 Å². The van der Waals surface area contributed by atoms with Crippen LogP contribution in [0.4, 0.5) is 0 Å². The topological polar surface area (TPSA) is 76.2 Å². The first-order chi connectivity index (χ1) is 8.00. The SMILES string of the molecule is Cc1nc(-c2noc(C(C)C)c2C(=O)O)cs1. The van der Waals surface area contributed by atoms with E-state index in [1.807, 2.05) is 20.8 Å². The van der Waals surface area contributed by atoms with Crippen molar-refractivity contribution >= 4 is 17.3 Å². The maximum atomic E-state index is 11.3. The van der Waals surface area contributed by atoms with E-state index in [4.69, 9.17) is 4.52 Å². The smallest absolute Gasteiger partial charge is 0.341 e. The lowest BCUT2D eigenvalue weighted by atomic mass is 10.0. The van der Waals surface area contributed by atoms with Gasteiger partial charge in [-0.05, 0) is 6.92 Å². The molecular weight excluding hydrogens is 240 g/mol. The molecule has 0 spiro atoms. The third-order valence-corrected chi connectivity index (χ3v) is 3.09. The molecule has 0 saturated heterocycles. The molecule has 0 atom stereocenters. The zero-order valence-corrected chi connectivity index (χ0v) is 10.5. The average molecular weight is 252 g/mol. The summed E-state index contributed by atoms with van der Waals surface area (Å²) in [6.45, 7) is 5.59. The normalized spacial score (nSPS) is 11.1. The molecule has 0 bridgehead atoms. The van der Waals surface area contributed by atoms with Gasteiger partial charge in [-0.3, -0.25) is 0 Å². The van der Waals surface area contributed by atoms with Crippen molar-refractivity contribution in [3.05, 3.63) is 21.7 Å². The molecule has 5 nitrogen and oxygen atoms in total. The number of nitrogens with zero attached hydrogens (tertiary/aromatic N) is 2. The van der Waals surface area contributed by atoms with Gasteiger partial charge in [-0.15, -0.1) is 11.3 Å². The van der Waals surface area contributed by atoms with Crippen molar-refractivity contribution in [1.29, 1.82) is 0 Å². The molecule has 2 aromatic heterocycles. The molecule has 2 heterocycles. The fraction of sp³-hybridized carbons (Fsp3) is 0.364. The van der Waals surface area contributed by atoms with Gasteiger partial charge in [0.2, 0.25) is 0 Å². The van der Waals surface area contributed by atoms with Crippen LogP contribution in [0, 0.1) is 6.92 Å². The fourth-order valence-corrected chi connectivity index (χ4v) is 2.15. The Balaban J connectivity index is 2.59. The number of rotatable bonds is 3. The van der Waals surface area contributed by atoms with E-state index < -0.39 is 5.97 Å². The van der Waals surface area contributed by atoms with E-state index in [0.29, 0.717) is 17.1 Å². The van der Waals surface area contributed by atoms with E-state index >= 15 is 0 Å². The summed E-state index contributed by atoms with van der Waals surface area (Å²) >= 11 is 1.45. The number of hydrogen-bond acceptors (Lipinski definition) is 5. The summed E-state index contributed by atoms with van der Waals surface area (Å²) in [5, 5.41) is 15.7. The molecule has 0 aromatic carbocycles. The molecule has 6 heteroatoms. The lowest BCUT2D eigenvalue weighted by Crippen LogP contribution is -2.02. The van der Waals surface area contributed by atoms with Crippen LogP contribution in [0.5, 0.6) is 0 Å². The molecule has 0 aliphatic heterocycles. The Bertz CT molecular complexity index is 557. The van der Waals surface area contributed by atoms with Crippen molar-refractivity contribution < 1.29 is 14.4 Å². The lowest BCUT2D eigenvalue weighted by Gasteiger charge is -2.00. The van der Waals surface area contributed by atoms with Crippen LogP contribution in [0.2, 0.25) is 0 Å². The second-order valence-corrected chi connectivity index (χ2v) is 5.04. The minimum absolute atomic E-state index is 0.0258. The Kier molecular flexibility index (Phi) is 2.97. The molecule has 0 amide bonds. The van der Waals surface area contributed by atoms with Gasteiger partial charge in [0.15, 0.2) is 5.76 Å². The highest BCUT2D eigenvalue weighted by molar-refractivity contribution is 7.09. The summed E-state index contributed by atoms with van der Waals surface area (Å²) in [5.74, 6) is -0.671. The number of carbonyl (C=O) groups is 1. The molecular formula is C11H12N2O3S. The highest BCUT2D eigenvalue weighted by Gasteiger charge is 2.26. The number of aryl methyl sites for hydroxylation is 1. The van der Waals surface area contributed by atoms with Crippen LogP contribution >= 0.6 is 11.3 Å². The van der Waals surface area contributed by atoms with Crippen LogP contribution in [-0.2, 0) is 0 Å². The zero-order chi connectivity index (χ0) is 12.6. The Morgan fingerprint density at radius 3 is 2.71 bits per heavy atom. The molecule has 0 aliphatic carbocycles. The number of aromatic carboxylic acids is 1. The van der Waals surface area contributed by atoms with Crippen LogP contribution in [0.25, 0.3) is 11.4 Å². The summed E-state index contributed by atoms with van der Waals surface area (Å²) in [6, 6.07) is 0. The van der Waals surface area contributed by atoms with Crippen molar-refractivity contribution in [2.75, 3.05) is 0 Å². The number of carboxylic acids is 1. The van der Waals surface area contributed by atoms with Gasteiger partial charge in [0.05, 0.1) is 5.01 Å². The van der Waals surface area contributed by atoms with E-state index in [9.17, 15) is 9.90 Å². The van der Waals surface area contributed by atoms with Crippen LogP contribution in [-0.4, -0.2) is 21.2 Å². The third kappa shape index (κ3) is 2.08. The summed E-state index contributed by atoms with van der Waals surface area (Å²) < 4.78 is 5.12. The average Bonchev–Trinajstić information content (AvgIpc) is 2.82. The second kappa shape index (κ2) is 4.29. The number of hydrogen-bond donors (Lipinski definition) is 1. The van der Waals surface area contributed by atoms with Crippen LogP contribution in [0.1, 0.15) is 40.9 Å². The minimum atomic E-state index is -1.03. The maximum Gasteiger partial charge on any atom is 0.341 e. The molecule has 0 saturated carbocycles. The Morgan fingerprint density at radius 2 is 2.24 bits per heavy atom. The van der Waals surface area contributed by atoms with Crippen LogP contribution in [0.15, 0.2) is 9.90 Å². The van der Waals surface area contributed by atoms with Crippen molar-refractivity contribution in [1.82, 2.24) is 10.1 Å². The number of carboxylic acid groups (broad SMARTS) is 1. The highest BCUT2D eigenvalue weighted by atomic mass is 32.1. The van der Waals surface area contributed by atoms with E-state index in [-0.39, 0.29) is 11.5 Å². The number of aromatic nitrogens is 2. The van der Waals surface area contributed by atoms with Gasteiger partial charge < -0.3 is 9.63 Å². The minimum Gasteiger partial charge on any atom is -0.477 e. The molecule has 17 heavy (non-hydrogen) atoms. The highest BCUT2D eigenvalue weighted by Crippen LogP contribution is 2.30. The molecule has 2 aromatic rings. The molecule has 0 aliphatic rings. The van der Waals surface area contributed by atoms with E-state index in [2.05, 4.69) is 10.1 Å². The van der Waals surface area contributed by atoms with E-state index in [1.54, 1.807) is 5.38 Å². The molecule has 0 radical (unpaired) electrons. The van der Waals surface area contributed by atoms with Gasteiger partial charge in [0, 0.05) is 11.3 Å². The first-order valence-corrected chi connectivity index (χ1v) is 6.04. The summed E-state index contributed by atoms with van der Waals surface area (Å²) in [4.78, 5) is 15.5. The first-order valence-electron chi connectivity index (χ1n) is 5.16. The van der Waals surface area contributed by atoms with Gasteiger partial charge >= 0.3 is 5.97 Å². The second-order valence-electron chi connectivity index (χ2n) is 3.98. The lowest BCUT2D eigenvalue weighted by molar-refractivity contribution is 0.0694. The first kappa shape index (κ1) is 11.8. The zero-order valence-electron chi connectivity index (χ0n) is 9.72. The van der Waals surface area contributed by atoms with E-state index in [1.165, 1.54) is 11.3 Å². The number of thiazole rings is 1. The van der Waals surface area contributed by atoms with Crippen LogP contribution in [0.3, 0.4) is 0 Å². The molecule has 0 unspecified atom stereocenters. The van der Waals surface area contributed by atoms with Crippen molar-refractivity contribution in [3.8, 4) is 11.4 Å². The van der Waals surface area contributed by atoms with Crippen LogP contribution < -0.4 is 0 Å². The molecule has 90 valence electrons. The monoisotopic (exact) mass is 252 g/mol. The fourth-order valence-electron chi connectivity index (χ4n) is 1.55. The molecule has 0 fully saturated rings. The van der Waals surface area contributed by atoms with Crippen molar-refractivity contribution in [2.24, 2.45) is 0 Å². The third-order valence-electron chi connectivity index (χ3n) is 2.32. The van der Waals surface area contributed by atoms with Gasteiger partial charge in [0.25, 0.3) is 0 Å². The standard InChI is InChI=1S/C11H12N2O3S/c1-5(2)10-8(11(14)15)9(13-16-10)7-4-17-6(3)12-7/h4-5H,1-3H3,(H,14,15). The molecule has 2 rings (SSSR count). The predicted molar refractivity (Wildman–Crippen MR) is 63.4 cm³/mol. The quantitative estimate of drug-likeness (QED) is 0.908. The summed E-state index contributed by atoms with van der Waals surface area (Å²) in [6.07, 6.45) is 0. The predicted octanol–water partition coefficient (Wildman–Crippen LogP) is 2.93. The van der Waals surface area contributed by atoms with Crippen molar-refractivity contribution in [3.63, 3.8) is 0 Å². The maximum absolute atomic E-state index is 11.3. The largest absolute Gasteiger partial charge is 0.477 e. The van der Waals surface area contributed by atoms with Gasteiger partial charge in [-0.2, -0.15) is 0 Å². The van der Waals surface area contributed by atoms with E-state index in [0.717, 1.165) is 5.01 Å². The Labute approximate surface area is 102 Å². The molecule has 1 N–H and O–H groups in total. The summed E-state index contributed by atoms with van der Waals surface area (Å²) in [5.41, 5.74) is 0.983. The Morgan fingerprint density at radius 1 is 1.53 bits per heavy atom. The van der Waals surface area contributed by atoms with Gasteiger partial charge in [-0.1, -0.05) is 19.0 Å². The summed E-state index contributed by atoms with van der Waals surface area (Å²) in [7, 11) is 0. The Hall–Kier alpha value is -1.69. The van der Waals surface area contributed by atoms with Gasteiger partial charge in [0.1, 0.15) is 17.0 Å².